The first-order chi connectivity index (χ1) is 17.9. The SMILES string of the molecule is COc1cc(C)[nH]c(=O)c1CCC(=O)c1c(C)n([C@H](C)C2CCN(CC3COC3)CC2)c2ccccc12. The Labute approximate surface area is 218 Å². The van der Waals surface area contributed by atoms with Crippen LogP contribution in [-0.4, -0.2) is 60.2 Å². The average Bonchev–Trinajstić information content (AvgIpc) is 3.16. The van der Waals surface area contributed by atoms with Gasteiger partial charge in [0.25, 0.3) is 5.56 Å². The molecule has 2 fully saturated rings. The molecule has 0 bridgehead atoms. The van der Waals surface area contributed by atoms with Crippen LogP contribution in [0.2, 0.25) is 0 Å². The lowest BCUT2D eigenvalue weighted by molar-refractivity contribution is -0.0503. The number of rotatable bonds is 9. The standard InChI is InChI=1S/C30H39N3O4/c1-19-15-28(36-4)25(30(35)31-19)9-10-27(34)29-21(3)33(26-8-6-5-7-24(26)29)20(2)23-11-13-32(14-12-23)16-22-17-37-18-22/h5-8,15,20,22-23H,9-14,16-18H2,1-4H3,(H,31,35)/t20-/m1/s1. The van der Waals surface area contributed by atoms with E-state index in [1.807, 2.05) is 19.1 Å². The Kier molecular flexibility index (Phi) is 7.54. The van der Waals surface area contributed by atoms with Gasteiger partial charge in [-0.25, -0.2) is 0 Å². The van der Waals surface area contributed by atoms with Crippen molar-refractivity contribution < 1.29 is 14.3 Å². The highest BCUT2D eigenvalue weighted by Gasteiger charge is 2.30. The van der Waals surface area contributed by atoms with Gasteiger partial charge in [0.05, 0.1) is 25.9 Å². The van der Waals surface area contributed by atoms with Crippen molar-refractivity contribution in [1.82, 2.24) is 14.5 Å². The minimum absolute atomic E-state index is 0.0687. The van der Waals surface area contributed by atoms with Crippen LogP contribution in [-0.2, 0) is 11.2 Å². The molecule has 0 aliphatic carbocycles. The molecule has 1 atom stereocenters. The number of likely N-dealkylation sites (tertiary alicyclic amines) is 1. The van der Waals surface area contributed by atoms with Crippen molar-refractivity contribution >= 4 is 16.7 Å². The Morgan fingerprint density at radius 2 is 1.92 bits per heavy atom. The molecule has 0 unspecified atom stereocenters. The van der Waals surface area contributed by atoms with E-state index in [1.165, 1.54) is 12.8 Å². The Morgan fingerprint density at radius 3 is 2.59 bits per heavy atom. The van der Waals surface area contributed by atoms with Gasteiger partial charge in [-0.15, -0.1) is 0 Å². The lowest BCUT2D eigenvalue weighted by Crippen LogP contribution is -2.43. The van der Waals surface area contributed by atoms with E-state index in [1.54, 1.807) is 7.11 Å². The van der Waals surface area contributed by atoms with Crippen molar-refractivity contribution in [3.63, 3.8) is 0 Å². The molecular formula is C30H39N3O4. The minimum Gasteiger partial charge on any atom is -0.496 e. The molecule has 0 saturated carbocycles. The maximum atomic E-state index is 13.6. The van der Waals surface area contributed by atoms with E-state index in [0.717, 1.165) is 60.7 Å². The molecule has 0 amide bonds. The van der Waals surface area contributed by atoms with E-state index in [-0.39, 0.29) is 17.8 Å². The molecule has 0 spiro atoms. The normalized spacial score (nSPS) is 18.2. The number of nitrogens with one attached hydrogen (secondary N) is 1. The molecule has 198 valence electrons. The van der Waals surface area contributed by atoms with Crippen LogP contribution in [0.25, 0.3) is 10.9 Å². The van der Waals surface area contributed by atoms with Crippen LogP contribution in [0.1, 0.15) is 59.5 Å². The second-order valence-electron chi connectivity index (χ2n) is 10.9. The molecule has 3 aromatic rings. The average molecular weight is 506 g/mol. The van der Waals surface area contributed by atoms with Gasteiger partial charge in [0.2, 0.25) is 0 Å². The van der Waals surface area contributed by atoms with Gasteiger partial charge in [-0.2, -0.15) is 0 Å². The van der Waals surface area contributed by atoms with Crippen molar-refractivity contribution in [2.24, 2.45) is 11.8 Å². The van der Waals surface area contributed by atoms with Gasteiger partial charge in [-0.1, -0.05) is 18.2 Å². The van der Waals surface area contributed by atoms with E-state index in [4.69, 9.17) is 9.47 Å². The highest BCUT2D eigenvalue weighted by atomic mass is 16.5. The van der Waals surface area contributed by atoms with Gasteiger partial charge in [-0.3, -0.25) is 9.59 Å². The fraction of sp³-hybridized carbons (Fsp3) is 0.533. The molecule has 0 radical (unpaired) electrons. The Morgan fingerprint density at radius 1 is 1.19 bits per heavy atom. The van der Waals surface area contributed by atoms with Crippen LogP contribution >= 0.6 is 0 Å². The third-order valence-electron chi connectivity index (χ3n) is 8.43. The molecule has 1 N–H and O–H groups in total. The summed E-state index contributed by atoms with van der Waals surface area (Å²) >= 11 is 0. The molecule has 7 heteroatoms. The molecule has 1 aromatic carbocycles. The number of benzene rings is 1. The number of nitrogens with zero attached hydrogens (tertiary/aromatic N) is 2. The number of ketones is 1. The molecule has 7 nitrogen and oxygen atoms in total. The number of aromatic amines is 1. The van der Waals surface area contributed by atoms with Gasteiger partial charge >= 0.3 is 0 Å². The Bertz CT molecular complexity index is 1330. The van der Waals surface area contributed by atoms with Crippen molar-refractivity contribution in [1.29, 1.82) is 0 Å². The van der Waals surface area contributed by atoms with Crippen LogP contribution in [0.15, 0.2) is 35.1 Å². The molecule has 2 aliphatic rings. The van der Waals surface area contributed by atoms with E-state index < -0.39 is 0 Å². The smallest absolute Gasteiger partial charge is 0.255 e. The number of fused-ring (bicyclic) bond motifs is 1. The van der Waals surface area contributed by atoms with Gasteiger partial charge in [-0.05, 0) is 71.2 Å². The molecule has 5 rings (SSSR count). The van der Waals surface area contributed by atoms with Crippen molar-refractivity contribution in [3.8, 4) is 5.75 Å². The second-order valence-corrected chi connectivity index (χ2v) is 10.9. The second kappa shape index (κ2) is 10.8. The monoisotopic (exact) mass is 505 g/mol. The maximum Gasteiger partial charge on any atom is 0.255 e. The maximum absolute atomic E-state index is 13.6. The summed E-state index contributed by atoms with van der Waals surface area (Å²) in [4.78, 5) is 31.6. The zero-order valence-electron chi connectivity index (χ0n) is 22.5. The number of hydrogen-bond donors (Lipinski definition) is 1. The van der Waals surface area contributed by atoms with Gasteiger partial charge in [0, 0.05) is 52.8 Å². The van der Waals surface area contributed by atoms with Crippen molar-refractivity contribution in [3.05, 3.63) is 63.2 Å². The van der Waals surface area contributed by atoms with Crippen LogP contribution in [0.3, 0.4) is 0 Å². The van der Waals surface area contributed by atoms with Crippen molar-refractivity contribution in [2.75, 3.05) is 40.0 Å². The van der Waals surface area contributed by atoms with E-state index >= 15 is 0 Å². The van der Waals surface area contributed by atoms with Crippen LogP contribution in [0.4, 0.5) is 0 Å². The van der Waals surface area contributed by atoms with Crippen LogP contribution < -0.4 is 10.3 Å². The largest absolute Gasteiger partial charge is 0.496 e. The van der Waals surface area contributed by atoms with Crippen molar-refractivity contribution in [2.45, 2.75) is 52.5 Å². The molecule has 4 heterocycles. The number of pyridine rings is 1. The molecule has 2 aliphatic heterocycles. The van der Waals surface area contributed by atoms with Crippen LogP contribution in [0.5, 0.6) is 5.75 Å². The summed E-state index contributed by atoms with van der Waals surface area (Å²) in [7, 11) is 1.56. The highest BCUT2D eigenvalue weighted by Crippen LogP contribution is 2.36. The molecular weight excluding hydrogens is 466 g/mol. The van der Waals surface area contributed by atoms with E-state index in [0.29, 0.717) is 35.6 Å². The first-order valence-electron chi connectivity index (χ1n) is 13.6. The zero-order valence-corrected chi connectivity index (χ0v) is 22.5. The number of carbonyl (C=O) groups excluding carboxylic acids is 1. The summed E-state index contributed by atoms with van der Waals surface area (Å²) in [5, 5.41) is 1.00. The molecule has 37 heavy (non-hydrogen) atoms. The van der Waals surface area contributed by atoms with E-state index in [2.05, 4.69) is 46.5 Å². The quantitative estimate of drug-likeness (QED) is 0.427. The number of piperidine rings is 1. The number of carbonyl (C=O) groups is 1. The summed E-state index contributed by atoms with van der Waals surface area (Å²) in [6, 6.07) is 10.4. The summed E-state index contributed by atoms with van der Waals surface area (Å²) < 4.78 is 13.2. The summed E-state index contributed by atoms with van der Waals surface area (Å²) in [5.74, 6) is 1.88. The van der Waals surface area contributed by atoms with Gasteiger partial charge < -0.3 is 23.9 Å². The third-order valence-corrected chi connectivity index (χ3v) is 8.43. The Balaban J connectivity index is 1.36. The Hall–Kier alpha value is -2.90. The lowest BCUT2D eigenvalue weighted by atomic mass is 9.89. The number of para-hydroxylation sites is 1. The fourth-order valence-electron chi connectivity index (χ4n) is 6.32. The first-order valence-corrected chi connectivity index (χ1v) is 13.6. The first kappa shape index (κ1) is 25.7. The number of methoxy groups -OCH3 is 1. The number of aromatic nitrogens is 2. The predicted molar refractivity (Wildman–Crippen MR) is 146 cm³/mol. The number of hydrogen-bond acceptors (Lipinski definition) is 5. The fourth-order valence-corrected chi connectivity index (χ4v) is 6.32. The topological polar surface area (TPSA) is 76.6 Å². The van der Waals surface area contributed by atoms with E-state index in [9.17, 15) is 9.59 Å². The van der Waals surface area contributed by atoms with Gasteiger partial charge in [0.1, 0.15) is 5.75 Å². The summed E-state index contributed by atoms with van der Waals surface area (Å²) in [6.45, 7) is 11.4. The predicted octanol–water partition coefficient (Wildman–Crippen LogP) is 4.69. The number of aryl methyl sites for hydroxylation is 1. The molecule has 2 saturated heterocycles. The number of ether oxygens (including phenoxy) is 2. The molecule has 2 aromatic heterocycles. The number of Topliss-reactive ketones (excluding diaryl/α,β-unsaturated/α-hetero) is 1. The minimum atomic E-state index is -0.186. The summed E-state index contributed by atoms with van der Waals surface area (Å²) in [5.41, 5.74) is 4.01. The summed E-state index contributed by atoms with van der Waals surface area (Å²) in [6.07, 6.45) is 2.94. The number of H-pyrrole nitrogens is 1. The van der Waals surface area contributed by atoms with Gasteiger partial charge in [0.15, 0.2) is 5.78 Å². The van der Waals surface area contributed by atoms with Crippen LogP contribution in [0, 0.1) is 25.7 Å². The lowest BCUT2D eigenvalue weighted by Gasteiger charge is -2.39. The highest BCUT2D eigenvalue weighted by molar-refractivity contribution is 6.09. The third kappa shape index (κ3) is 5.12. The zero-order chi connectivity index (χ0) is 26.1.